The van der Waals surface area contributed by atoms with Crippen LogP contribution in [-0.2, 0) is 18.4 Å². The smallest absolute Gasteiger partial charge is 0.393 e. The topological polar surface area (TPSA) is 226 Å². The van der Waals surface area contributed by atoms with E-state index >= 15 is 0 Å². The Balaban J connectivity index is 2.52. The zero-order valence-corrected chi connectivity index (χ0v) is 38.5. The lowest BCUT2D eigenvalue weighted by molar-refractivity contribution is -0.220. The number of allylic oxidation sites excluding steroid dienone is 2. The van der Waals surface area contributed by atoms with Crippen molar-refractivity contribution in [2.45, 2.75) is 268 Å². The lowest BCUT2D eigenvalue weighted by Crippen LogP contribution is -2.64. The van der Waals surface area contributed by atoms with Crippen LogP contribution in [0.15, 0.2) is 12.2 Å². The number of carbonyl (C=O) groups excluding carboxylic acids is 1. The highest BCUT2D eigenvalue weighted by atomic mass is 31.2. The predicted molar refractivity (Wildman–Crippen MR) is 238 cm³/mol. The number of aliphatic hydroxyl groups is 7. The van der Waals surface area contributed by atoms with Crippen molar-refractivity contribution in [3.63, 3.8) is 0 Å². The summed E-state index contributed by atoms with van der Waals surface area (Å²) in [7, 11) is -5.12. The average molecular weight is 880 g/mol. The van der Waals surface area contributed by atoms with E-state index in [1.807, 2.05) is 0 Å². The summed E-state index contributed by atoms with van der Waals surface area (Å²) in [6.07, 6.45) is 24.0. The molecule has 1 amide bonds. The van der Waals surface area contributed by atoms with Crippen LogP contribution in [0.3, 0.4) is 0 Å². The van der Waals surface area contributed by atoms with Crippen LogP contribution in [0.2, 0.25) is 0 Å². The van der Waals surface area contributed by atoms with Crippen LogP contribution in [0.4, 0.5) is 0 Å². The van der Waals surface area contributed by atoms with Gasteiger partial charge in [-0.2, -0.15) is 0 Å². The molecule has 13 nitrogen and oxygen atoms in total. The van der Waals surface area contributed by atoms with Gasteiger partial charge < -0.3 is 46.0 Å². The molecule has 0 aromatic carbocycles. The van der Waals surface area contributed by atoms with Crippen LogP contribution in [0.25, 0.3) is 0 Å². The molecule has 1 saturated carbocycles. The predicted octanol–water partition coefficient (Wildman–Crippen LogP) is 8.20. The summed E-state index contributed by atoms with van der Waals surface area (Å²) in [4.78, 5) is 23.5. The molecule has 0 saturated heterocycles. The lowest BCUT2D eigenvalue weighted by atomic mass is 9.85. The van der Waals surface area contributed by atoms with E-state index in [9.17, 15) is 50.0 Å². The number of aliphatic hydroxyl groups excluding tert-OH is 7. The third-order valence-corrected chi connectivity index (χ3v) is 12.9. The first-order chi connectivity index (χ1) is 28.8. The van der Waals surface area contributed by atoms with Crippen LogP contribution < -0.4 is 5.32 Å². The van der Waals surface area contributed by atoms with Crippen molar-refractivity contribution < 1.29 is 59.0 Å². The van der Waals surface area contributed by atoms with E-state index in [4.69, 9.17) is 9.05 Å². The second kappa shape index (κ2) is 36.4. The maximum Gasteiger partial charge on any atom is 0.472 e. The van der Waals surface area contributed by atoms with Crippen LogP contribution in [0, 0.1) is 0 Å². The quantitative estimate of drug-likeness (QED) is 0.0161. The summed E-state index contributed by atoms with van der Waals surface area (Å²) in [5, 5.41) is 74.6. The molecule has 9 N–H and O–H groups in total. The van der Waals surface area contributed by atoms with Crippen LogP contribution >= 0.6 is 7.82 Å². The van der Waals surface area contributed by atoms with Crippen LogP contribution in [0.1, 0.15) is 213 Å². The summed E-state index contributed by atoms with van der Waals surface area (Å²) in [5.74, 6) is -0.567. The average Bonchev–Trinajstić information content (AvgIpc) is 3.22. The van der Waals surface area contributed by atoms with Crippen molar-refractivity contribution in [2.24, 2.45) is 0 Å². The van der Waals surface area contributed by atoms with Gasteiger partial charge in [-0.05, 0) is 38.5 Å². The molecule has 8 unspecified atom stereocenters. The molecule has 356 valence electrons. The summed E-state index contributed by atoms with van der Waals surface area (Å²) in [6.45, 7) is 3.79. The molecule has 0 radical (unpaired) electrons. The molecule has 0 heterocycles. The summed E-state index contributed by atoms with van der Waals surface area (Å²) in [5.41, 5.74) is 0. The van der Waals surface area contributed by atoms with Gasteiger partial charge in [-0.1, -0.05) is 180 Å². The molecule has 0 aromatic heterocycles. The first-order valence-electron chi connectivity index (χ1n) is 24.2. The van der Waals surface area contributed by atoms with Crippen molar-refractivity contribution >= 4 is 13.7 Å². The fourth-order valence-corrected chi connectivity index (χ4v) is 8.85. The fraction of sp³-hybridized carbons (Fsp3) is 0.935. The van der Waals surface area contributed by atoms with Crippen LogP contribution in [-0.4, -0.2) is 108 Å². The minimum absolute atomic E-state index is 0.230. The Labute approximate surface area is 363 Å². The van der Waals surface area contributed by atoms with E-state index in [0.717, 1.165) is 57.8 Å². The maximum atomic E-state index is 13.0. The highest BCUT2D eigenvalue weighted by Gasteiger charge is 2.51. The summed E-state index contributed by atoms with van der Waals surface area (Å²) < 4.78 is 22.9. The van der Waals surface area contributed by atoms with E-state index in [2.05, 4.69) is 31.3 Å². The Morgan fingerprint density at radius 2 is 0.933 bits per heavy atom. The van der Waals surface area contributed by atoms with Gasteiger partial charge in [0.05, 0.1) is 31.3 Å². The Morgan fingerprint density at radius 3 is 1.38 bits per heavy atom. The number of amides is 1. The number of hydrogen-bond acceptors (Lipinski definition) is 11. The second-order valence-corrected chi connectivity index (χ2v) is 18.9. The number of nitrogens with one attached hydrogen (secondary N) is 1. The number of hydrogen-bond donors (Lipinski definition) is 9. The molecule has 0 bridgehead atoms. The molecule has 8 atom stereocenters. The molecular weight excluding hydrogens is 789 g/mol. The number of phosphoric ester groups is 1. The van der Waals surface area contributed by atoms with Crippen molar-refractivity contribution in [3.8, 4) is 0 Å². The number of carbonyl (C=O) groups is 1. The summed E-state index contributed by atoms with van der Waals surface area (Å²) in [6, 6.07) is -1.16. The molecule has 1 fully saturated rings. The third kappa shape index (κ3) is 28.0. The zero-order valence-electron chi connectivity index (χ0n) is 37.6. The van der Waals surface area contributed by atoms with Gasteiger partial charge in [-0.25, -0.2) is 4.57 Å². The molecule has 14 heteroatoms. The third-order valence-electron chi connectivity index (χ3n) is 11.9. The Hall–Kier alpha value is -0.960. The second-order valence-electron chi connectivity index (χ2n) is 17.5. The van der Waals surface area contributed by atoms with E-state index in [-0.39, 0.29) is 12.8 Å². The molecule has 60 heavy (non-hydrogen) atoms. The largest absolute Gasteiger partial charge is 0.472 e. The van der Waals surface area contributed by atoms with Crippen molar-refractivity contribution in [2.75, 3.05) is 6.61 Å². The molecule has 0 spiro atoms. The van der Waals surface area contributed by atoms with Crippen molar-refractivity contribution in [3.05, 3.63) is 12.2 Å². The van der Waals surface area contributed by atoms with Gasteiger partial charge in [-0.3, -0.25) is 13.8 Å². The molecule has 0 aromatic rings. The molecule has 0 aliphatic heterocycles. The van der Waals surface area contributed by atoms with E-state index in [1.54, 1.807) is 0 Å². The van der Waals surface area contributed by atoms with Gasteiger partial charge in [0.15, 0.2) is 0 Å². The normalized spacial score (nSPS) is 23.4. The van der Waals surface area contributed by atoms with Gasteiger partial charge in [0.25, 0.3) is 0 Å². The maximum absolute atomic E-state index is 13.0. The monoisotopic (exact) mass is 880 g/mol. The Kier molecular flexibility index (Phi) is 34.6. The minimum atomic E-state index is -5.12. The van der Waals surface area contributed by atoms with Gasteiger partial charge in [0.1, 0.15) is 36.6 Å². The van der Waals surface area contributed by atoms with E-state index in [0.29, 0.717) is 12.8 Å². The Morgan fingerprint density at radius 1 is 0.567 bits per heavy atom. The van der Waals surface area contributed by atoms with E-state index < -0.39 is 75.2 Å². The SMILES string of the molecule is CCCCCCCCC/C=C\CCCCCC(O)CC(=O)NC(COP(=O)(O)OC1C(O)C(O)C(O)C(O)C1O)C(O)CCCCCCCCCCCCCCCCCC. The first-order valence-corrected chi connectivity index (χ1v) is 25.7. The summed E-state index contributed by atoms with van der Waals surface area (Å²) >= 11 is 0. The van der Waals surface area contributed by atoms with Crippen molar-refractivity contribution in [1.29, 1.82) is 0 Å². The zero-order chi connectivity index (χ0) is 44.4. The molecule has 1 rings (SSSR count). The van der Waals surface area contributed by atoms with Gasteiger partial charge in [0, 0.05) is 0 Å². The van der Waals surface area contributed by atoms with Gasteiger partial charge >= 0.3 is 7.82 Å². The van der Waals surface area contributed by atoms with E-state index in [1.165, 1.54) is 116 Å². The number of unbranched alkanes of at least 4 members (excludes halogenated alkanes) is 25. The van der Waals surface area contributed by atoms with Crippen molar-refractivity contribution in [1.82, 2.24) is 5.32 Å². The van der Waals surface area contributed by atoms with Crippen LogP contribution in [0.5, 0.6) is 0 Å². The van der Waals surface area contributed by atoms with Gasteiger partial charge in [0.2, 0.25) is 5.91 Å². The minimum Gasteiger partial charge on any atom is -0.393 e. The fourth-order valence-electron chi connectivity index (χ4n) is 7.89. The first kappa shape index (κ1) is 57.1. The number of phosphoric acid groups is 1. The molecule has 1 aliphatic rings. The number of rotatable bonds is 40. The Bertz CT molecular complexity index is 1090. The standard InChI is InChI=1S/C46H90NO12P/c1-3-5-7-9-11-13-15-17-19-20-22-24-26-28-30-32-34-39(49)38(36-58-60(56,57)59-46-44(54)42(52)41(51)43(53)45(46)55)47-40(50)35-37(48)33-31-29-27-25-23-21-18-16-14-12-10-8-6-4-2/h21,23,37-39,41-46,48-49,51-55H,3-20,22,24-36H2,1-2H3,(H,47,50)(H,56,57)/b23-21-. The highest BCUT2D eigenvalue weighted by Crippen LogP contribution is 2.47. The molecular formula is C46H90NO12P. The highest BCUT2D eigenvalue weighted by molar-refractivity contribution is 7.47. The van der Waals surface area contributed by atoms with Gasteiger partial charge in [-0.15, -0.1) is 0 Å². The molecule has 1 aliphatic carbocycles. The lowest BCUT2D eigenvalue weighted by Gasteiger charge is -2.41.